The van der Waals surface area contributed by atoms with Gasteiger partial charge in [-0.1, -0.05) is 32.9 Å². The van der Waals surface area contributed by atoms with Crippen molar-refractivity contribution in [2.75, 3.05) is 26.2 Å². The highest BCUT2D eigenvalue weighted by atomic mass is 32.1. The number of aliphatic hydroxyl groups excluding tert-OH is 1. The van der Waals surface area contributed by atoms with E-state index in [4.69, 9.17) is 14.5 Å². The number of benzene rings is 1. The van der Waals surface area contributed by atoms with E-state index in [9.17, 15) is 14.3 Å². The lowest BCUT2D eigenvalue weighted by molar-refractivity contribution is -0.140. The quantitative estimate of drug-likeness (QED) is 0.277. The number of fused-ring (bicyclic) bond motifs is 1. The highest BCUT2D eigenvalue weighted by Crippen LogP contribution is 2.48. The van der Waals surface area contributed by atoms with Crippen LogP contribution in [0.15, 0.2) is 47.4 Å². The third-order valence-corrected chi connectivity index (χ3v) is 9.88. The third-order valence-electron chi connectivity index (χ3n) is 9.25. The van der Waals surface area contributed by atoms with Gasteiger partial charge in [0.15, 0.2) is 0 Å². The van der Waals surface area contributed by atoms with Crippen LogP contribution in [0.2, 0.25) is 0 Å². The van der Waals surface area contributed by atoms with Gasteiger partial charge >= 0.3 is 0 Å². The molecule has 1 aromatic carbocycles. The maximum atomic E-state index is 13.7. The van der Waals surface area contributed by atoms with Crippen molar-refractivity contribution in [3.05, 3.63) is 75.6 Å². The van der Waals surface area contributed by atoms with Crippen LogP contribution in [-0.2, 0) is 28.9 Å². The lowest BCUT2D eigenvalue weighted by Crippen LogP contribution is -2.56. The van der Waals surface area contributed by atoms with E-state index in [2.05, 4.69) is 47.4 Å². The van der Waals surface area contributed by atoms with Crippen LogP contribution in [0.3, 0.4) is 0 Å². The molecule has 9 nitrogen and oxygen atoms in total. The summed E-state index contributed by atoms with van der Waals surface area (Å²) >= 11 is 1.55. The zero-order valence-corrected chi connectivity index (χ0v) is 27.8. The van der Waals surface area contributed by atoms with Crippen LogP contribution in [-0.4, -0.2) is 76.0 Å². The molecule has 1 saturated carbocycles. The summed E-state index contributed by atoms with van der Waals surface area (Å²) < 4.78 is 26.0. The summed E-state index contributed by atoms with van der Waals surface area (Å²) in [7, 11) is 0. The average molecular weight is 652 g/mol. The van der Waals surface area contributed by atoms with Gasteiger partial charge in [0.25, 0.3) is 5.91 Å². The lowest BCUT2D eigenvalue weighted by Gasteiger charge is -2.47. The number of carbonyl (C=O) groups is 1. The minimum absolute atomic E-state index is 0.0470. The van der Waals surface area contributed by atoms with Crippen LogP contribution in [0, 0.1) is 11.2 Å². The number of morpholine rings is 1. The average Bonchev–Trinajstić information content (AvgIpc) is 3.52. The van der Waals surface area contributed by atoms with Crippen molar-refractivity contribution >= 4 is 17.2 Å². The summed E-state index contributed by atoms with van der Waals surface area (Å²) in [5, 5.41) is 20.3. The van der Waals surface area contributed by atoms with Crippen LogP contribution in [0.5, 0.6) is 5.88 Å². The zero-order valence-electron chi connectivity index (χ0n) is 27.0. The molecule has 4 heterocycles. The predicted molar refractivity (Wildman–Crippen MR) is 175 cm³/mol. The van der Waals surface area contributed by atoms with Crippen LogP contribution >= 0.6 is 11.3 Å². The van der Waals surface area contributed by atoms with E-state index in [0.717, 1.165) is 54.5 Å². The van der Waals surface area contributed by atoms with Crippen LogP contribution in [0.1, 0.15) is 74.9 Å². The molecule has 0 radical (unpaired) electrons. The summed E-state index contributed by atoms with van der Waals surface area (Å²) in [6.45, 7) is 9.13. The molecule has 1 amide bonds. The Morgan fingerprint density at radius 3 is 2.72 bits per heavy atom. The van der Waals surface area contributed by atoms with Gasteiger partial charge in [-0.15, -0.1) is 11.3 Å². The number of hydrogen-bond acceptors (Lipinski definition) is 9. The lowest BCUT2D eigenvalue weighted by atomic mass is 9.73. The topological polar surface area (TPSA) is 109 Å². The van der Waals surface area contributed by atoms with Crippen molar-refractivity contribution in [2.24, 2.45) is 5.41 Å². The molecule has 248 valence electrons. The van der Waals surface area contributed by atoms with Crippen molar-refractivity contribution in [3.63, 3.8) is 0 Å². The summed E-state index contributed by atoms with van der Waals surface area (Å²) in [4.78, 5) is 24.8. The molecule has 1 saturated heterocycles. The van der Waals surface area contributed by atoms with Crippen LogP contribution in [0.4, 0.5) is 4.39 Å². The molecular formula is C35H46FN5O4S. The molecule has 3 aromatic rings. The van der Waals surface area contributed by atoms with Gasteiger partial charge in [0, 0.05) is 55.8 Å². The van der Waals surface area contributed by atoms with Crippen molar-refractivity contribution in [1.82, 2.24) is 25.5 Å². The number of carbonyl (C=O) groups excluding carboxylic acids is 1. The molecule has 11 heteroatoms. The predicted octanol–water partition coefficient (Wildman–Crippen LogP) is 4.59. The second kappa shape index (κ2) is 14.0. The zero-order chi connectivity index (χ0) is 32.3. The normalized spacial score (nSPS) is 22.4. The number of ether oxygens (including phenoxy) is 2. The van der Waals surface area contributed by atoms with Crippen LogP contribution in [0.25, 0.3) is 0 Å². The monoisotopic (exact) mass is 651 g/mol. The highest BCUT2D eigenvalue weighted by molar-refractivity contribution is 7.07. The Hall–Kier alpha value is -2.96. The fraction of sp³-hybridized carbons (Fsp3) is 0.571. The number of halogens is 1. The van der Waals surface area contributed by atoms with Gasteiger partial charge in [-0.05, 0) is 66.8 Å². The Morgan fingerprint density at radius 2 is 2.02 bits per heavy atom. The smallest absolute Gasteiger partial charge is 0.250 e. The Morgan fingerprint density at radius 1 is 1.22 bits per heavy atom. The Labute approximate surface area is 274 Å². The summed E-state index contributed by atoms with van der Waals surface area (Å²) in [5.74, 6) is 0.0725. The molecule has 2 fully saturated rings. The van der Waals surface area contributed by atoms with Gasteiger partial charge in [-0.3, -0.25) is 9.69 Å². The van der Waals surface area contributed by atoms with Crippen molar-refractivity contribution in [1.29, 1.82) is 0 Å². The number of hydrogen-bond donors (Lipinski definition) is 3. The number of nitrogens with one attached hydrogen (secondary N) is 2. The van der Waals surface area contributed by atoms with Gasteiger partial charge < -0.3 is 25.2 Å². The summed E-state index contributed by atoms with van der Waals surface area (Å²) in [6, 6.07) is 7.72. The van der Waals surface area contributed by atoms with Crippen molar-refractivity contribution < 1.29 is 23.8 Å². The van der Waals surface area contributed by atoms with E-state index in [1.54, 1.807) is 23.5 Å². The number of pyridine rings is 1. The van der Waals surface area contributed by atoms with Gasteiger partial charge in [-0.2, -0.15) is 0 Å². The summed E-state index contributed by atoms with van der Waals surface area (Å²) in [5.41, 5.74) is 5.67. The van der Waals surface area contributed by atoms with E-state index in [0.29, 0.717) is 38.5 Å². The maximum absolute atomic E-state index is 13.7. The van der Waals surface area contributed by atoms with Gasteiger partial charge in [0.05, 0.1) is 30.0 Å². The molecule has 3 aliphatic rings. The second-order valence-corrected chi connectivity index (χ2v) is 15.1. The third kappa shape index (κ3) is 8.30. The molecule has 2 aliphatic heterocycles. The first-order valence-corrected chi connectivity index (χ1v) is 17.3. The number of amides is 1. The van der Waals surface area contributed by atoms with Crippen molar-refractivity contribution in [2.45, 2.75) is 95.7 Å². The van der Waals surface area contributed by atoms with Gasteiger partial charge in [0.2, 0.25) is 5.88 Å². The standard InChI is InChI=1S/C35H46FN5O4S/c1-34(2,3)15-24-13-27-29(16-35(9-4-10-35)45-33(27)38-17-24)37-18-30(42)28(14-23-5-7-25(36)8-6-23)40-32(43)31-20-41(11-12-44-31)19-26-21-46-22-39-26/h5-8,13,17,21-22,28-31,37,42H,4,9-12,14-16,18-20H2,1-3H3,(H,40,43)/t28-,29-,30-,31-/m0/s1. The fourth-order valence-corrected chi connectivity index (χ4v) is 7.28. The number of aliphatic hydroxyl groups is 1. The number of thiazole rings is 1. The first-order valence-electron chi connectivity index (χ1n) is 16.4. The molecular weight excluding hydrogens is 605 g/mol. The minimum Gasteiger partial charge on any atom is -0.471 e. The van der Waals surface area contributed by atoms with E-state index in [1.807, 2.05) is 17.1 Å². The molecule has 2 aromatic heterocycles. The SMILES string of the molecule is CC(C)(C)Cc1cnc2c(c1)[C@@H](NC[C@H](O)[C@H](Cc1ccc(F)cc1)NC(=O)[C@@H]1CN(Cc3cscn3)CCO1)CC1(CCC1)O2. The van der Waals surface area contributed by atoms with E-state index in [-0.39, 0.29) is 35.3 Å². The molecule has 1 aliphatic carbocycles. The molecule has 46 heavy (non-hydrogen) atoms. The Balaban J connectivity index is 1.16. The molecule has 1 spiro atoms. The second-order valence-electron chi connectivity index (χ2n) is 14.4. The summed E-state index contributed by atoms with van der Waals surface area (Å²) in [6.07, 6.45) is 5.48. The van der Waals surface area contributed by atoms with Crippen molar-refractivity contribution in [3.8, 4) is 5.88 Å². The maximum Gasteiger partial charge on any atom is 0.250 e. The first-order chi connectivity index (χ1) is 22.0. The van der Waals surface area contributed by atoms with Crippen LogP contribution < -0.4 is 15.4 Å². The first kappa shape index (κ1) is 33.0. The molecule has 4 atom stereocenters. The van der Waals surface area contributed by atoms with E-state index >= 15 is 0 Å². The molecule has 0 bridgehead atoms. The molecule has 6 rings (SSSR count). The van der Waals surface area contributed by atoms with E-state index in [1.165, 1.54) is 12.1 Å². The largest absolute Gasteiger partial charge is 0.471 e. The fourth-order valence-electron chi connectivity index (χ4n) is 6.74. The molecule has 0 unspecified atom stereocenters. The highest BCUT2D eigenvalue weighted by Gasteiger charge is 2.46. The molecule has 3 N–H and O–H groups in total. The number of rotatable bonds is 11. The van der Waals surface area contributed by atoms with Gasteiger partial charge in [-0.25, -0.2) is 14.4 Å². The Kier molecular flexibility index (Phi) is 10.1. The Bertz CT molecular complexity index is 1460. The number of nitrogens with zero attached hydrogens (tertiary/aromatic N) is 3. The number of aromatic nitrogens is 2. The minimum atomic E-state index is -0.918. The van der Waals surface area contributed by atoms with E-state index < -0.39 is 18.2 Å². The van der Waals surface area contributed by atoms with Gasteiger partial charge in [0.1, 0.15) is 17.5 Å².